The molecule has 0 saturated heterocycles. The Morgan fingerprint density at radius 3 is 2.67 bits per heavy atom. The quantitative estimate of drug-likeness (QED) is 0.549. The van der Waals surface area contributed by atoms with Gasteiger partial charge in [0.25, 0.3) is 0 Å². The van der Waals surface area contributed by atoms with E-state index in [-0.39, 0.29) is 11.9 Å². The standard InChI is InChI=1S/C6H11NO2/c1-3-6(9)7-5(2)4-8/h4-5H,3H2,1-2H3,(H,7,9)/t5-/m0/s1. The van der Waals surface area contributed by atoms with E-state index in [1.165, 1.54) is 0 Å². The van der Waals surface area contributed by atoms with E-state index in [9.17, 15) is 9.59 Å². The summed E-state index contributed by atoms with van der Waals surface area (Å²) in [6, 6.07) is -0.350. The molecule has 0 fully saturated rings. The molecule has 1 atom stereocenters. The van der Waals surface area contributed by atoms with Crippen molar-refractivity contribution in [1.29, 1.82) is 0 Å². The maximum atomic E-state index is 10.5. The molecule has 0 aliphatic rings. The smallest absolute Gasteiger partial charge is 0.220 e. The Morgan fingerprint density at radius 2 is 2.33 bits per heavy atom. The molecule has 0 bridgehead atoms. The minimum absolute atomic E-state index is 0.0883. The number of carbonyl (C=O) groups is 2. The molecule has 3 nitrogen and oxygen atoms in total. The van der Waals surface area contributed by atoms with E-state index in [0.29, 0.717) is 12.7 Å². The third-order valence-corrected chi connectivity index (χ3v) is 0.914. The highest BCUT2D eigenvalue weighted by Crippen LogP contribution is 1.78. The average Bonchev–Trinajstić information content (AvgIpc) is 1.87. The maximum Gasteiger partial charge on any atom is 0.220 e. The summed E-state index contributed by atoms with van der Waals surface area (Å²) >= 11 is 0. The van der Waals surface area contributed by atoms with Crippen LogP contribution in [0.2, 0.25) is 0 Å². The van der Waals surface area contributed by atoms with E-state index >= 15 is 0 Å². The van der Waals surface area contributed by atoms with Gasteiger partial charge in [-0.1, -0.05) is 6.92 Å². The van der Waals surface area contributed by atoms with Crippen LogP contribution in [0.15, 0.2) is 0 Å². The van der Waals surface area contributed by atoms with Crippen LogP contribution in [0.25, 0.3) is 0 Å². The van der Waals surface area contributed by atoms with Gasteiger partial charge in [0.2, 0.25) is 5.91 Å². The summed E-state index contributed by atoms with van der Waals surface area (Å²) in [4.78, 5) is 20.5. The third-order valence-electron chi connectivity index (χ3n) is 0.914. The second kappa shape index (κ2) is 4.06. The molecule has 0 spiro atoms. The van der Waals surface area contributed by atoms with Gasteiger partial charge in [0.05, 0.1) is 6.04 Å². The number of rotatable bonds is 3. The van der Waals surface area contributed by atoms with Crippen LogP contribution in [-0.4, -0.2) is 18.2 Å². The fourth-order valence-corrected chi connectivity index (χ4v) is 0.390. The summed E-state index contributed by atoms with van der Waals surface area (Å²) in [5.41, 5.74) is 0. The fraction of sp³-hybridized carbons (Fsp3) is 0.667. The number of nitrogens with one attached hydrogen (secondary N) is 1. The van der Waals surface area contributed by atoms with Gasteiger partial charge in [-0.2, -0.15) is 0 Å². The number of carbonyl (C=O) groups excluding carboxylic acids is 2. The van der Waals surface area contributed by atoms with Crippen molar-refractivity contribution in [2.24, 2.45) is 0 Å². The summed E-state index contributed by atoms with van der Waals surface area (Å²) < 4.78 is 0. The monoisotopic (exact) mass is 129 g/mol. The van der Waals surface area contributed by atoms with E-state index in [4.69, 9.17) is 0 Å². The van der Waals surface area contributed by atoms with E-state index in [2.05, 4.69) is 5.32 Å². The van der Waals surface area contributed by atoms with Crippen LogP contribution >= 0.6 is 0 Å². The normalized spacial score (nSPS) is 12.2. The highest BCUT2D eigenvalue weighted by Gasteiger charge is 2.00. The molecule has 0 rings (SSSR count). The molecular formula is C6H11NO2. The van der Waals surface area contributed by atoms with Gasteiger partial charge in [-0.3, -0.25) is 4.79 Å². The SMILES string of the molecule is CCC(=O)N[C@@H](C)C=O. The van der Waals surface area contributed by atoms with Crippen LogP contribution in [0.4, 0.5) is 0 Å². The molecule has 0 saturated carbocycles. The first-order valence-corrected chi connectivity index (χ1v) is 2.95. The van der Waals surface area contributed by atoms with Crippen molar-refractivity contribution in [3.63, 3.8) is 0 Å². The van der Waals surface area contributed by atoms with Gasteiger partial charge in [0.15, 0.2) is 0 Å². The van der Waals surface area contributed by atoms with Crippen LogP contribution in [0, 0.1) is 0 Å². The summed E-state index contributed by atoms with van der Waals surface area (Å²) in [5.74, 6) is -0.0883. The van der Waals surface area contributed by atoms with Crippen LogP contribution in [0.3, 0.4) is 0 Å². The molecule has 0 heterocycles. The Hall–Kier alpha value is -0.860. The molecule has 3 heteroatoms. The lowest BCUT2D eigenvalue weighted by Crippen LogP contribution is -2.32. The molecule has 0 unspecified atom stereocenters. The summed E-state index contributed by atoms with van der Waals surface area (Å²) in [6.07, 6.45) is 1.13. The maximum absolute atomic E-state index is 10.5. The van der Waals surface area contributed by atoms with Gasteiger partial charge in [0, 0.05) is 6.42 Å². The summed E-state index contributed by atoms with van der Waals surface area (Å²) in [5, 5.41) is 2.47. The molecule has 0 aromatic rings. The Kier molecular flexibility index (Phi) is 3.67. The molecule has 1 N–H and O–H groups in total. The molecule has 0 aromatic heterocycles. The summed E-state index contributed by atoms with van der Waals surface area (Å²) in [6.45, 7) is 3.38. The topological polar surface area (TPSA) is 46.2 Å². The first-order chi connectivity index (χ1) is 4.20. The van der Waals surface area contributed by atoms with Crippen molar-refractivity contribution in [3.8, 4) is 0 Å². The largest absolute Gasteiger partial charge is 0.347 e. The zero-order valence-electron chi connectivity index (χ0n) is 5.68. The van der Waals surface area contributed by atoms with E-state index < -0.39 is 0 Å². The van der Waals surface area contributed by atoms with Crippen molar-refractivity contribution in [2.45, 2.75) is 26.3 Å². The van der Waals surface area contributed by atoms with Crippen molar-refractivity contribution in [2.75, 3.05) is 0 Å². The fourth-order valence-electron chi connectivity index (χ4n) is 0.390. The highest BCUT2D eigenvalue weighted by atomic mass is 16.2. The molecule has 0 aromatic carbocycles. The van der Waals surface area contributed by atoms with Crippen molar-refractivity contribution >= 4 is 12.2 Å². The van der Waals surface area contributed by atoms with E-state index in [0.717, 1.165) is 0 Å². The number of amides is 1. The number of hydrogen-bond donors (Lipinski definition) is 1. The lowest BCUT2D eigenvalue weighted by atomic mass is 10.3. The zero-order chi connectivity index (χ0) is 7.28. The Labute approximate surface area is 54.4 Å². The molecule has 52 valence electrons. The first-order valence-electron chi connectivity index (χ1n) is 2.95. The minimum Gasteiger partial charge on any atom is -0.347 e. The zero-order valence-corrected chi connectivity index (χ0v) is 5.68. The lowest BCUT2D eigenvalue weighted by molar-refractivity contribution is -0.123. The van der Waals surface area contributed by atoms with E-state index in [1.54, 1.807) is 13.8 Å². The Balaban J connectivity index is 3.46. The van der Waals surface area contributed by atoms with E-state index in [1.807, 2.05) is 0 Å². The van der Waals surface area contributed by atoms with Gasteiger partial charge in [-0.15, -0.1) is 0 Å². The van der Waals surface area contributed by atoms with Crippen LogP contribution in [0.5, 0.6) is 0 Å². The van der Waals surface area contributed by atoms with Crippen molar-refractivity contribution < 1.29 is 9.59 Å². The van der Waals surface area contributed by atoms with Gasteiger partial charge >= 0.3 is 0 Å². The summed E-state index contributed by atoms with van der Waals surface area (Å²) in [7, 11) is 0. The molecule has 1 amide bonds. The van der Waals surface area contributed by atoms with Crippen LogP contribution in [0.1, 0.15) is 20.3 Å². The first kappa shape index (κ1) is 8.14. The Morgan fingerprint density at radius 1 is 1.78 bits per heavy atom. The third kappa shape index (κ3) is 3.70. The Bertz CT molecular complexity index is 112. The van der Waals surface area contributed by atoms with Gasteiger partial charge in [0.1, 0.15) is 6.29 Å². The second-order valence-corrected chi connectivity index (χ2v) is 1.85. The average molecular weight is 129 g/mol. The number of hydrogen-bond acceptors (Lipinski definition) is 2. The number of aldehydes is 1. The van der Waals surface area contributed by atoms with Crippen molar-refractivity contribution in [1.82, 2.24) is 5.32 Å². The molecule has 0 aliphatic carbocycles. The predicted octanol–water partition coefficient (Wildman–Crippen LogP) is 0.1000. The van der Waals surface area contributed by atoms with Crippen LogP contribution in [-0.2, 0) is 9.59 Å². The van der Waals surface area contributed by atoms with Gasteiger partial charge < -0.3 is 10.1 Å². The van der Waals surface area contributed by atoms with Crippen molar-refractivity contribution in [3.05, 3.63) is 0 Å². The van der Waals surface area contributed by atoms with Crippen LogP contribution < -0.4 is 5.32 Å². The second-order valence-electron chi connectivity index (χ2n) is 1.85. The lowest BCUT2D eigenvalue weighted by Gasteiger charge is -2.03. The molecule has 0 aliphatic heterocycles. The predicted molar refractivity (Wildman–Crippen MR) is 34.0 cm³/mol. The highest BCUT2D eigenvalue weighted by molar-refractivity contribution is 5.78. The molecule has 9 heavy (non-hydrogen) atoms. The molecule has 0 radical (unpaired) electrons. The molecular weight excluding hydrogens is 118 g/mol. The minimum atomic E-state index is -0.350. The van der Waals surface area contributed by atoms with Gasteiger partial charge in [-0.25, -0.2) is 0 Å². The van der Waals surface area contributed by atoms with Gasteiger partial charge in [-0.05, 0) is 6.92 Å².